The Morgan fingerprint density at radius 1 is 1.21 bits per heavy atom. The third kappa shape index (κ3) is 1.28. The molecule has 1 heterocycles. The van der Waals surface area contributed by atoms with E-state index in [0.29, 0.717) is 5.69 Å². The molecule has 0 aliphatic carbocycles. The summed E-state index contributed by atoms with van der Waals surface area (Å²) in [4.78, 5) is 0. The van der Waals surface area contributed by atoms with Gasteiger partial charge < -0.3 is 0 Å². The maximum atomic E-state index is 13.4. The number of benzene rings is 1. The molecule has 0 saturated heterocycles. The molecule has 3 nitrogen and oxygen atoms in total. The van der Waals surface area contributed by atoms with Crippen LogP contribution in [0.3, 0.4) is 0 Å². The zero-order valence-corrected chi connectivity index (χ0v) is 8.03. The van der Waals surface area contributed by atoms with Crippen molar-refractivity contribution in [2.75, 3.05) is 0 Å². The lowest BCUT2D eigenvalue weighted by molar-refractivity contribution is 0.604. The molecule has 14 heavy (non-hydrogen) atoms. The molecule has 0 aliphatic rings. The second-order valence-electron chi connectivity index (χ2n) is 3.12. The number of para-hydroxylation sites is 1. The van der Waals surface area contributed by atoms with Crippen molar-refractivity contribution in [3.63, 3.8) is 0 Å². The van der Waals surface area contributed by atoms with Gasteiger partial charge in [0.1, 0.15) is 11.5 Å². The van der Waals surface area contributed by atoms with Gasteiger partial charge in [0.05, 0.1) is 11.4 Å². The van der Waals surface area contributed by atoms with Crippen molar-refractivity contribution in [1.29, 1.82) is 0 Å². The molecule has 2 rings (SSSR count). The van der Waals surface area contributed by atoms with Crippen molar-refractivity contribution in [2.24, 2.45) is 0 Å². The highest BCUT2D eigenvalue weighted by Gasteiger charge is 2.09. The van der Waals surface area contributed by atoms with E-state index in [-0.39, 0.29) is 5.82 Å². The Labute approximate surface area is 81.2 Å². The van der Waals surface area contributed by atoms with E-state index in [9.17, 15) is 4.39 Å². The fourth-order valence-electron chi connectivity index (χ4n) is 1.26. The summed E-state index contributed by atoms with van der Waals surface area (Å²) in [7, 11) is 0. The van der Waals surface area contributed by atoms with E-state index in [1.807, 2.05) is 13.8 Å². The number of aryl methyl sites for hydroxylation is 1. The van der Waals surface area contributed by atoms with E-state index in [1.165, 1.54) is 10.7 Å². The van der Waals surface area contributed by atoms with Gasteiger partial charge in [0.15, 0.2) is 0 Å². The maximum Gasteiger partial charge on any atom is 0.148 e. The van der Waals surface area contributed by atoms with Gasteiger partial charge in [0, 0.05) is 0 Å². The Kier molecular flexibility index (Phi) is 2.04. The lowest BCUT2D eigenvalue weighted by Crippen LogP contribution is -2.01. The molecule has 1 aromatic heterocycles. The average molecular weight is 191 g/mol. The van der Waals surface area contributed by atoms with Crippen LogP contribution in [0.25, 0.3) is 5.69 Å². The topological polar surface area (TPSA) is 30.7 Å². The van der Waals surface area contributed by atoms with Gasteiger partial charge in [-0.25, -0.2) is 9.07 Å². The van der Waals surface area contributed by atoms with Gasteiger partial charge in [-0.2, -0.15) is 0 Å². The van der Waals surface area contributed by atoms with Crippen LogP contribution in [-0.2, 0) is 0 Å². The van der Waals surface area contributed by atoms with Crippen LogP contribution in [0.1, 0.15) is 11.4 Å². The van der Waals surface area contributed by atoms with Crippen LogP contribution in [0.5, 0.6) is 0 Å². The van der Waals surface area contributed by atoms with Gasteiger partial charge in [-0.1, -0.05) is 17.3 Å². The van der Waals surface area contributed by atoms with Crippen LogP contribution < -0.4 is 0 Å². The minimum Gasteiger partial charge on any atom is -0.215 e. The van der Waals surface area contributed by atoms with Gasteiger partial charge in [0.2, 0.25) is 0 Å². The molecule has 2 aromatic rings. The van der Waals surface area contributed by atoms with Crippen molar-refractivity contribution in [1.82, 2.24) is 15.0 Å². The minimum absolute atomic E-state index is 0.291. The maximum absolute atomic E-state index is 13.4. The Morgan fingerprint density at radius 2 is 1.93 bits per heavy atom. The van der Waals surface area contributed by atoms with Gasteiger partial charge in [-0.05, 0) is 26.0 Å². The Bertz CT molecular complexity index is 462. The number of hydrogen-bond donors (Lipinski definition) is 0. The van der Waals surface area contributed by atoms with Gasteiger partial charge in [-0.3, -0.25) is 0 Å². The largest absolute Gasteiger partial charge is 0.215 e. The van der Waals surface area contributed by atoms with E-state index in [4.69, 9.17) is 0 Å². The van der Waals surface area contributed by atoms with E-state index in [2.05, 4.69) is 10.3 Å². The fraction of sp³-hybridized carbons (Fsp3) is 0.200. The highest BCUT2D eigenvalue weighted by molar-refractivity contribution is 5.34. The van der Waals surface area contributed by atoms with Crippen molar-refractivity contribution in [3.05, 3.63) is 41.5 Å². The molecule has 0 N–H and O–H groups in total. The highest BCUT2D eigenvalue weighted by atomic mass is 19.1. The van der Waals surface area contributed by atoms with Crippen LogP contribution in [0.15, 0.2) is 24.3 Å². The first-order chi connectivity index (χ1) is 6.70. The molecule has 72 valence electrons. The SMILES string of the molecule is Cc1nnn(-c2ccccc2F)c1C. The second kappa shape index (κ2) is 3.21. The van der Waals surface area contributed by atoms with E-state index in [1.54, 1.807) is 18.2 Å². The molecule has 0 radical (unpaired) electrons. The number of nitrogens with zero attached hydrogens (tertiary/aromatic N) is 3. The quantitative estimate of drug-likeness (QED) is 0.690. The molecule has 0 unspecified atom stereocenters. The highest BCUT2D eigenvalue weighted by Crippen LogP contribution is 2.14. The molecule has 1 aromatic carbocycles. The van der Waals surface area contributed by atoms with Crippen LogP contribution in [0.2, 0.25) is 0 Å². The molecule has 0 atom stereocenters. The summed E-state index contributed by atoms with van der Waals surface area (Å²) in [5.74, 6) is -0.291. The standard InChI is InChI=1S/C10H10FN3/c1-7-8(2)14(13-12-7)10-6-4-3-5-9(10)11/h3-6H,1-2H3. The molecular weight excluding hydrogens is 181 g/mol. The molecular formula is C10H10FN3. The predicted octanol–water partition coefficient (Wildman–Crippen LogP) is 2.02. The summed E-state index contributed by atoms with van der Waals surface area (Å²) in [5, 5.41) is 7.75. The molecule has 0 amide bonds. The van der Waals surface area contributed by atoms with Gasteiger partial charge >= 0.3 is 0 Å². The number of rotatable bonds is 1. The third-order valence-corrected chi connectivity index (χ3v) is 2.21. The first kappa shape index (κ1) is 8.87. The summed E-state index contributed by atoms with van der Waals surface area (Å²) in [6.07, 6.45) is 0. The first-order valence-corrected chi connectivity index (χ1v) is 4.34. The van der Waals surface area contributed by atoms with Crippen LogP contribution in [0, 0.1) is 19.7 Å². The normalized spacial score (nSPS) is 10.5. The van der Waals surface area contributed by atoms with Crippen molar-refractivity contribution in [2.45, 2.75) is 13.8 Å². The lowest BCUT2D eigenvalue weighted by Gasteiger charge is -2.03. The van der Waals surface area contributed by atoms with Crippen LogP contribution >= 0.6 is 0 Å². The smallest absolute Gasteiger partial charge is 0.148 e. The Balaban J connectivity index is 2.60. The van der Waals surface area contributed by atoms with Crippen molar-refractivity contribution < 1.29 is 4.39 Å². The fourth-order valence-corrected chi connectivity index (χ4v) is 1.26. The number of halogens is 1. The minimum atomic E-state index is -0.291. The third-order valence-electron chi connectivity index (χ3n) is 2.21. The molecule has 0 bridgehead atoms. The van der Waals surface area contributed by atoms with Gasteiger partial charge in [0.25, 0.3) is 0 Å². The van der Waals surface area contributed by atoms with E-state index >= 15 is 0 Å². The van der Waals surface area contributed by atoms with Gasteiger partial charge in [-0.15, -0.1) is 5.10 Å². The van der Waals surface area contributed by atoms with E-state index in [0.717, 1.165) is 11.4 Å². The summed E-state index contributed by atoms with van der Waals surface area (Å²) >= 11 is 0. The van der Waals surface area contributed by atoms with E-state index < -0.39 is 0 Å². The summed E-state index contributed by atoms with van der Waals surface area (Å²) in [6, 6.07) is 6.51. The lowest BCUT2D eigenvalue weighted by atomic mass is 10.3. The molecule has 0 saturated carbocycles. The van der Waals surface area contributed by atoms with Crippen LogP contribution in [0.4, 0.5) is 4.39 Å². The Hall–Kier alpha value is -1.71. The molecule has 0 spiro atoms. The molecule has 4 heteroatoms. The monoisotopic (exact) mass is 191 g/mol. The number of aromatic nitrogens is 3. The summed E-state index contributed by atoms with van der Waals surface area (Å²) in [5.41, 5.74) is 2.11. The van der Waals surface area contributed by atoms with Crippen molar-refractivity contribution in [3.8, 4) is 5.69 Å². The predicted molar refractivity (Wildman–Crippen MR) is 50.8 cm³/mol. The number of hydrogen-bond acceptors (Lipinski definition) is 2. The Morgan fingerprint density at radius 3 is 2.50 bits per heavy atom. The zero-order chi connectivity index (χ0) is 10.1. The molecule has 0 fully saturated rings. The molecule has 0 aliphatic heterocycles. The summed E-state index contributed by atoms with van der Waals surface area (Å²) < 4.78 is 14.9. The average Bonchev–Trinajstić information content (AvgIpc) is 2.49. The second-order valence-corrected chi connectivity index (χ2v) is 3.12. The van der Waals surface area contributed by atoms with Crippen molar-refractivity contribution >= 4 is 0 Å². The first-order valence-electron chi connectivity index (χ1n) is 4.34. The summed E-state index contributed by atoms with van der Waals surface area (Å²) in [6.45, 7) is 3.71. The zero-order valence-electron chi connectivity index (χ0n) is 8.03. The van der Waals surface area contributed by atoms with Crippen LogP contribution in [-0.4, -0.2) is 15.0 Å².